The number of carbonyl (C=O) groups is 2. The van der Waals surface area contributed by atoms with E-state index in [4.69, 9.17) is 11.6 Å². The van der Waals surface area contributed by atoms with E-state index in [1.54, 1.807) is 30.3 Å². The first-order valence-corrected chi connectivity index (χ1v) is 4.42. The highest BCUT2D eigenvalue weighted by Gasteiger charge is 2.25. The third-order valence-corrected chi connectivity index (χ3v) is 2.03. The van der Waals surface area contributed by atoms with Crippen molar-refractivity contribution in [3.05, 3.63) is 35.9 Å². The summed E-state index contributed by atoms with van der Waals surface area (Å²) in [6.45, 7) is 1.28. The van der Waals surface area contributed by atoms with Gasteiger partial charge >= 0.3 is 0 Å². The molecule has 4 N–H and O–H groups in total. The fraction of sp³-hybridized carbons (Fsp3) is 0.200. The lowest BCUT2D eigenvalue weighted by molar-refractivity contribution is -0.138. The highest BCUT2D eigenvalue weighted by Crippen LogP contribution is 2.17. The summed E-state index contributed by atoms with van der Waals surface area (Å²) in [7, 11) is 0. The lowest BCUT2D eigenvalue weighted by atomic mass is 10.1. The standard InChI is InChI=1S/C10H13N3O2/c1-7(14)13(12)9(10(11)15)8-5-3-2-4-6-8/h2-6,9H,12H2,1H3,(H2,11,15). The molecule has 0 aliphatic carbocycles. The maximum Gasteiger partial charge on any atom is 0.246 e. The summed E-state index contributed by atoms with van der Waals surface area (Å²) in [4.78, 5) is 22.3. The fourth-order valence-electron chi connectivity index (χ4n) is 1.28. The van der Waals surface area contributed by atoms with Crippen LogP contribution in [0.15, 0.2) is 30.3 Å². The summed E-state index contributed by atoms with van der Waals surface area (Å²) in [5.74, 6) is 4.41. The summed E-state index contributed by atoms with van der Waals surface area (Å²) in [6.07, 6.45) is 0. The Labute approximate surface area is 87.6 Å². The van der Waals surface area contributed by atoms with Gasteiger partial charge in [0.1, 0.15) is 0 Å². The van der Waals surface area contributed by atoms with Crippen LogP contribution < -0.4 is 11.6 Å². The molecule has 15 heavy (non-hydrogen) atoms. The van der Waals surface area contributed by atoms with Crippen molar-refractivity contribution in [2.24, 2.45) is 11.6 Å². The second-order valence-electron chi connectivity index (χ2n) is 3.14. The lowest BCUT2D eigenvalue weighted by Crippen LogP contribution is -2.45. The van der Waals surface area contributed by atoms with E-state index in [1.807, 2.05) is 0 Å². The average Bonchev–Trinajstić information content (AvgIpc) is 2.18. The molecule has 1 rings (SSSR count). The van der Waals surface area contributed by atoms with Gasteiger partial charge in [0.25, 0.3) is 0 Å². The van der Waals surface area contributed by atoms with Gasteiger partial charge in [0.15, 0.2) is 6.04 Å². The Kier molecular flexibility index (Phi) is 3.41. The molecule has 0 bridgehead atoms. The SMILES string of the molecule is CC(=O)N(N)C(C(N)=O)c1ccccc1. The van der Waals surface area contributed by atoms with Crippen molar-refractivity contribution in [3.8, 4) is 0 Å². The molecule has 1 aromatic carbocycles. The smallest absolute Gasteiger partial charge is 0.246 e. The molecule has 0 radical (unpaired) electrons. The zero-order valence-electron chi connectivity index (χ0n) is 8.38. The number of nitrogens with two attached hydrogens (primary N) is 2. The van der Waals surface area contributed by atoms with Crippen molar-refractivity contribution < 1.29 is 9.59 Å². The molecule has 0 heterocycles. The molecule has 0 aliphatic rings. The number of nitrogens with zero attached hydrogens (tertiary/aromatic N) is 1. The first kappa shape index (κ1) is 11.2. The van der Waals surface area contributed by atoms with E-state index in [-0.39, 0.29) is 0 Å². The van der Waals surface area contributed by atoms with Gasteiger partial charge in [-0.05, 0) is 5.56 Å². The molecule has 0 aromatic heterocycles. The van der Waals surface area contributed by atoms with Crippen molar-refractivity contribution in [2.75, 3.05) is 0 Å². The summed E-state index contributed by atoms with van der Waals surface area (Å²) in [5, 5.41) is 0.831. The molecule has 0 spiro atoms. The van der Waals surface area contributed by atoms with E-state index in [0.29, 0.717) is 5.56 Å². The van der Waals surface area contributed by atoms with E-state index < -0.39 is 17.9 Å². The number of hydrazine groups is 1. The highest BCUT2D eigenvalue weighted by atomic mass is 16.2. The van der Waals surface area contributed by atoms with Crippen molar-refractivity contribution in [3.63, 3.8) is 0 Å². The molecular weight excluding hydrogens is 194 g/mol. The van der Waals surface area contributed by atoms with Gasteiger partial charge in [-0.2, -0.15) is 0 Å². The van der Waals surface area contributed by atoms with Crippen LogP contribution in [-0.2, 0) is 9.59 Å². The van der Waals surface area contributed by atoms with Crippen LogP contribution in [0.4, 0.5) is 0 Å². The molecule has 1 aromatic rings. The predicted molar refractivity (Wildman–Crippen MR) is 55.1 cm³/mol. The van der Waals surface area contributed by atoms with Crippen LogP contribution in [-0.4, -0.2) is 16.8 Å². The van der Waals surface area contributed by atoms with Crippen LogP contribution in [0.3, 0.4) is 0 Å². The minimum atomic E-state index is -0.913. The second-order valence-corrected chi connectivity index (χ2v) is 3.14. The van der Waals surface area contributed by atoms with Crippen LogP contribution in [0, 0.1) is 0 Å². The normalized spacial score (nSPS) is 11.9. The van der Waals surface area contributed by atoms with Crippen molar-refractivity contribution in [2.45, 2.75) is 13.0 Å². The number of hydrogen-bond donors (Lipinski definition) is 2. The molecule has 5 heteroatoms. The number of rotatable bonds is 3. The molecule has 0 saturated heterocycles. The summed E-state index contributed by atoms with van der Waals surface area (Å²) in [6, 6.07) is 7.77. The zero-order chi connectivity index (χ0) is 11.4. The van der Waals surface area contributed by atoms with Gasteiger partial charge < -0.3 is 5.73 Å². The highest BCUT2D eigenvalue weighted by molar-refractivity contribution is 5.86. The predicted octanol–water partition coefficient (Wildman–Crippen LogP) is -0.0648. The Morgan fingerprint density at radius 1 is 1.27 bits per heavy atom. The molecule has 80 valence electrons. The molecule has 1 unspecified atom stereocenters. The van der Waals surface area contributed by atoms with Gasteiger partial charge in [0.05, 0.1) is 0 Å². The Morgan fingerprint density at radius 2 is 1.80 bits per heavy atom. The van der Waals surface area contributed by atoms with E-state index in [0.717, 1.165) is 5.01 Å². The van der Waals surface area contributed by atoms with Gasteiger partial charge in [-0.15, -0.1) is 0 Å². The van der Waals surface area contributed by atoms with Gasteiger partial charge in [-0.25, -0.2) is 5.84 Å². The third kappa shape index (κ3) is 2.54. The molecule has 0 aliphatic heterocycles. The van der Waals surface area contributed by atoms with E-state index >= 15 is 0 Å². The Balaban J connectivity index is 3.04. The third-order valence-electron chi connectivity index (χ3n) is 2.03. The number of benzene rings is 1. The first-order valence-electron chi connectivity index (χ1n) is 4.42. The summed E-state index contributed by atoms with van der Waals surface area (Å²) < 4.78 is 0. The van der Waals surface area contributed by atoms with Crippen molar-refractivity contribution in [1.82, 2.24) is 5.01 Å². The Hall–Kier alpha value is -1.88. The minimum Gasteiger partial charge on any atom is -0.368 e. The monoisotopic (exact) mass is 207 g/mol. The fourth-order valence-corrected chi connectivity index (χ4v) is 1.28. The second kappa shape index (κ2) is 4.56. The van der Waals surface area contributed by atoms with Gasteiger partial charge in [0, 0.05) is 6.92 Å². The van der Waals surface area contributed by atoms with Crippen molar-refractivity contribution in [1.29, 1.82) is 0 Å². The summed E-state index contributed by atoms with van der Waals surface area (Å²) >= 11 is 0. The van der Waals surface area contributed by atoms with Gasteiger partial charge in [-0.3, -0.25) is 14.6 Å². The first-order chi connectivity index (χ1) is 7.04. The number of carbonyl (C=O) groups excluding carboxylic acids is 2. The van der Waals surface area contributed by atoms with Crippen LogP contribution in [0.1, 0.15) is 18.5 Å². The maximum absolute atomic E-state index is 11.2. The van der Waals surface area contributed by atoms with Crippen LogP contribution in [0.25, 0.3) is 0 Å². The molecular formula is C10H13N3O2. The Morgan fingerprint density at radius 3 is 2.20 bits per heavy atom. The number of amides is 2. The quantitative estimate of drug-likeness (QED) is 0.413. The maximum atomic E-state index is 11.2. The van der Waals surface area contributed by atoms with Gasteiger partial charge in [-0.1, -0.05) is 30.3 Å². The lowest BCUT2D eigenvalue weighted by Gasteiger charge is -2.23. The minimum absolute atomic E-state index is 0.414. The zero-order valence-corrected chi connectivity index (χ0v) is 8.38. The largest absolute Gasteiger partial charge is 0.368 e. The number of hydrogen-bond acceptors (Lipinski definition) is 3. The van der Waals surface area contributed by atoms with Crippen LogP contribution in [0.2, 0.25) is 0 Å². The van der Waals surface area contributed by atoms with E-state index in [1.165, 1.54) is 6.92 Å². The molecule has 2 amide bonds. The van der Waals surface area contributed by atoms with Crippen LogP contribution >= 0.6 is 0 Å². The van der Waals surface area contributed by atoms with Crippen LogP contribution in [0.5, 0.6) is 0 Å². The topological polar surface area (TPSA) is 89.4 Å². The van der Waals surface area contributed by atoms with E-state index in [2.05, 4.69) is 0 Å². The average molecular weight is 207 g/mol. The molecule has 5 nitrogen and oxygen atoms in total. The number of primary amides is 1. The molecule has 0 saturated carbocycles. The van der Waals surface area contributed by atoms with Crippen molar-refractivity contribution >= 4 is 11.8 Å². The molecule has 0 fully saturated rings. The van der Waals surface area contributed by atoms with E-state index in [9.17, 15) is 9.59 Å². The summed E-state index contributed by atoms with van der Waals surface area (Å²) in [5.41, 5.74) is 5.79. The molecule has 1 atom stereocenters. The Bertz CT molecular complexity index is 364. The van der Waals surface area contributed by atoms with Gasteiger partial charge in [0.2, 0.25) is 11.8 Å².